The van der Waals surface area contributed by atoms with E-state index in [1.54, 1.807) is 0 Å². The number of aromatic nitrogens is 2. The van der Waals surface area contributed by atoms with Gasteiger partial charge in [0.15, 0.2) is 0 Å². The Kier molecular flexibility index (Phi) is 5.63. The molecule has 3 nitrogen and oxygen atoms in total. The molecule has 0 saturated heterocycles. The Labute approximate surface area is 143 Å². The van der Waals surface area contributed by atoms with Crippen LogP contribution in [-0.4, -0.2) is 9.78 Å². The van der Waals surface area contributed by atoms with Crippen molar-refractivity contribution < 1.29 is 0 Å². The van der Waals surface area contributed by atoms with E-state index in [1.807, 2.05) is 0 Å². The predicted molar refractivity (Wildman–Crippen MR) is 94.5 cm³/mol. The highest BCUT2D eigenvalue weighted by Gasteiger charge is 2.17. The van der Waals surface area contributed by atoms with Crippen LogP contribution in [0.1, 0.15) is 42.4 Å². The second-order valence-corrected chi connectivity index (χ2v) is 6.84. The first-order chi connectivity index (χ1) is 9.97. The van der Waals surface area contributed by atoms with Crippen LogP contribution in [0.3, 0.4) is 0 Å². The molecule has 2 aromatic rings. The van der Waals surface area contributed by atoms with Crippen molar-refractivity contribution in [1.29, 1.82) is 0 Å². The lowest BCUT2D eigenvalue weighted by molar-refractivity contribution is 0.584. The zero-order valence-corrected chi connectivity index (χ0v) is 15.8. The van der Waals surface area contributed by atoms with Gasteiger partial charge >= 0.3 is 0 Å². The molecule has 1 unspecified atom stereocenters. The summed E-state index contributed by atoms with van der Waals surface area (Å²) >= 11 is 7.21. The number of halogens is 2. The molecular formula is C16H21Br2N3. The Bertz CT molecular complexity index is 635. The van der Waals surface area contributed by atoms with Crippen LogP contribution in [-0.2, 0) is 19.4 Å². The number of nitrogens with two attached hydrogens (primary N) is 1. The molecule has 1 heterocycles. The Morgan fingerprint density at radius 3 is 2.57 bits per heavy atom. The molecule has 114 valence electrons. The minimum absolute atomic E-state index is 0.0280. The molecule has 0 aliphatic heterocycles. The van der Waals surface area contributed by atoms with Crippen molar-refractivity contribution in [1.82, 2.24) is 9.78 Å². The topological polar surface area (TPSA) is 43.8 Å². The molecule has 1 atom stereocenters. The molecule has 1 aromatic carbocycles. The molecule has 2 rings (SSSR count). The van der Waals surface area contributed by atoms with E-state index in [1.165, 1.54) is 11.3 Å². The molecule has 5 heteroatoms. The van der Waals surface area contributed by atoms with Crippen LogP contribution >= 0.6 is 31.9 Å². The molecule has 0 bridgehead atoms. The van der Waals surface area contributed by atoms with Crippen molar-refractivity contribution in [2.24, 2.45) is 5.73 Å². The summed E-state index contributed by atoms with van der Waals surface area (Å²) in [5, 5.41) is 4.63. The molecule has 0 aliphatic carbocycles. The maximum Gasteiger partial charge on any atom is 0.0766 e. The quantitative estimate of drug-likeness (QED) is 0.780. The normalized spacial score (nSPS) is 12.7. The Hall–Kier alpha value is -0.650. The smallest absolute Gasteiger partial charge is 0.0766 e. The van der Waals surface area contributed by atoms with Gasteiger partial charge in [-0.25, -0.2) is 0 Å². The zero-order valence-electron chi connectivity index (χ0n) is 12.7. The first-order valence-corrected chi connectivity index (χ1v) is 8.82. The van der Waals surface area contributed by atoms with Crippen LogP contribution < -0.4 is 5.73 Å². The number of hydrogen-bond acceptors (Lipinski definition) is 2. The average Bonchev–Trinajstić information content (AvgIpc) is 2.78. The lowest BCUT2D eigenvalue weighted by Crippen LogP contribution is -2.16. The van der Waals surface area contributed by atoms with Crippen molar-refractivity contribution in [3.8, 4) is 0 Å². The fourth-order valence-corrected chi connectivity index (χ4v) is 3.41. The van der Waals surface area contributed by atoms with Crippen LogP contribution in [0, 0.1) is 6.92 Å². The molecule has 0 radical (unpaired) electrons. The van der Waals surface area contributed by atoms with Crippen LogP contribution in [0.2, 0.25) is 0 Å². The van der Waals surface area contributed by atoms with Gasteiger partial charge in [0.2, 0.25) is 0 Å². The molecule has 21 heavy (non-hydrogen) atoms. The number of rotatable bonds is 5. The molecule has 0 spiro atoms. The SMILES string of the molecule is CCc1nn(CC)c(CC(N)c2ccc(Br)c(C)c2)c1Br. The van der Waals surface area contributed by atoms with Crippen LogP contribution in [0.25, 0.3) is 0 Å². The van der Waals surface area contributed by atoms with E-state index in [0.717, 1.165) is 39.6 Å². The Morgan fingerprint density at radius 1 is 1.29 bits per heavy atom. The monoisotopic (exact) mass is 413 g/mol. The van der Waals surface area contributed by atoms with Crippen molar-refractivity contribution in [2.45, 2.75) is 46.2 Å². The highest BCUT2D eigenvalue weighted by atomic mass is 79.9. The highest BCUT2D eigenvalue weighted by molar-refractivity contribution is 9.10. The van der Waals surface area contributed by atoms with Gasteiger partial charge in [0.1, 0.15) is 0 Å². The molecule has 0 amide bonds. The average molecular weight is 415 g/mol. The first-order valence-electron chi connectivity index (χ1n) is 7.23. The lowest BCUT2D eigenvalue weighted by atomic mass is 10.0. The summed E-state index contributed by atoms with van der Waals surface area (Å²) in [7, 11) is 0. The summed E-state index contributed by atoms with van der Waals surface area (Å²) in [5.74, 6) is 0. The van der Waals surface area contributed by atoms with Crippen LogP contribution in [0.4, 0.5) is 0 Å². The highest BCUT2D eigenvalue weighted by Crippen LogP contribution is 2.27. The van der Waals surface area contributed by atoms with Crippen molar-refractivity contribution in [3.05, 3.63) is 49.7 Å². The minimum atomic E-state index is -0.0280. The summed E-state index contributed by atoms with van der Waals surface area (Å²) in [5.41, 5.74) is 11.1. The predicted octanol–water partition coefficient (Wildman–Crippen LogP) is 4.54. The van der Waals surface area contributed by atoms with E-state index in [2.05, 4.69) is 80.6 Å². The van der Waals surface area contributed by atoms with E-state index in [-0.39, 0.29) is 6.04 Å². The summed E-state index contributed by atoms with van der Waals surface area (Å²) < 4.78 is 4.27. The number of hydrogen-bond donors (Lipinski definition) is 1. The van der Waals surface area contributed by atoms with Gasteiger partial charge in [0.05, 0.1) is 15.9 Å². The third-order valence-electron chi connectivity index (χ3n) is 3.72. The third kappa shape index (κ3) is 3.58. The maximum absolute atomic E-state index is 6.41. The second-order valence-electron chi connectivity index (χ2n) is 5.20. The molecule has 2 N–H and O–H groups in total. The van der Waals surface area contributed by atoms with Crippen molar-refractivity contribution >= 4 is 31.9 Å². The number of aryl methyl sites for hydroxylation is 3. The molecular weight excluding hydrogens is 394 g/mol. The standard InChI is InChI=1S/C16H21Br2N3/c1-4-14-16(18)15(21(5-2)20-14)9-13(19)11-6-7-12(17)10(3)8-11/h6-8,13H,4-5,9,19H2,1-3H3. The zero-order chi connectivity index (χ0) is 15.6. The first kappa shape index (κ1) is 16.7. The largest absolute Gasteiger partial charge is 0.324 e. The summed E-state index contributed by atoms with van der Waals surface area (Å²) in [6.07, 6.45) is 1.70. The van der Waals surface area contributed by atoms with E-state index >= 15 is 0 Å². The Balaban J connectivity index is 2.28. The van der Waals surface area contributed by atoms with Gasteiger partial charge < -0.3 is 5.73 Å². The minimum Gasteiger partial charge on any atom is -0.324 e. The lowest BCUT2D eigenvalue weighted by Gasteiger charge is -2.15. The van der Waals surface area contributed by atoms with Gasteiger partial charge in [-0.3, -0.25) is 4.68 Å². The fourth-order valence-electron chi connectivity index (χ4n) is 2.44. The van der Waals surface area contributed by atoms with E-state index in [0.29, 0.717) is 0 Å². The molecule has 1 aromatic heterocycles. The molecule has 0 fully saturated rings. The van der Waals surface area contributed by atoms with Gasteiger partial charge in [0.25, 0.3) is 0 Å². The van der Waals surface area contributed by atoms with Crippen molar-refractivity contribution in [2.75, 3.05) is 0 Å². The summed E-state index contributed by atoms with van der Waals surface area (Å²) in [6, 6.07) is 6.27. The number of nitrogens with zero attached hydrogens (tertiary/aromatic N) is 2. The van der Waals surface area contributed by atoms with E-state index in [4.69, 9.17) is 5.73 Å². The van der Waals surface area contributed by atoms with Gasteiger partial charge in [-0.2, -0.15) is 5.10 Å². The third-order valence-corrected chi connectivity index (χ3v) is 5.52. The van der Waals surface area contributed by atoms with E-state index < -0.39 is 0 Å². The molecule has 0 aliphatic rings. The maximum atomic E-state index is 6.41. The van der Waals surface area contributed by atoms with Crippen LogP contribution in [0.5, 0.6) is 0 Å². The van der Waals surface area contributed by atoms with Gasteiger partial charge in [-0.1, -0.05) is 35.0 Å². The van der Waals surface area contributed by atoms with E-state index in [9.17, 15) is 0 Å². The summed E-state index contributed by atoms with van der Waals surface area (Å²) in [4.78, 5) is 0. The van der Waals surface area contributed by atoms with Gasteiger partial charge in [-0.15, -0.1) is 0 Å². The second kappa shape index (κ2) is 7.07. The van der Waals surface area contributed by atoms with Crippen LogP contribution in [0.15, 0.2) is 27.1 Å². The van der Waals surface area contributed by atoms with Gasteiger partial charge in [-0.05, 0) is 53.4 Å². The Morgan fingerprint density at radius 2 is 2.00 bits per heavy atom. The molecule has 0 saturated carbocycles. The van der Waals surface area contributed by atoms with Gasteiger partial charge in [0, 0.05) is 23.5 Å². The summed E-state index contributed by atoms with van der Waals surface area (Å²) in [6.45, 7) is 7.17. The number of benzene rings is 1. The van der Waals surface area contributed by atoms with Crippen molar-refractivity contribution in [3.63, 3.8) is 0 Å². The fraction of sp³-hybridized carbons (Fsp3) is 0.438.